The molecule has 0 N–H and O–H groups in total. The molecule has 2 rings (SSSR count). The molecular formula is C12H8Br2O2. The summed E-state index contributed by atoms with van der Waals surface area (Å²) in [5, 5.41) is 0. The maximum Gasteiger partial charge on any atom is 0.202 e. The van der Waals surface area contributed by atoms with Crippen LogP contribution in [-0.2, 0) is 6.42 Å². The molecule has 0 saturated heterocycles. The Bertz CT molecular complexity index is 500. The first kappa shape index (κ1) is 11.6. The van der Waals surface area contributed by atoms with Gasteiger partial charge in [-0.3, -0.25) is 4.79 Å². The monoisotopic (exact) mass is 342 g/mol. The number of carbonyl (C=O) groups excluding carboxylic acids is 1. The molecule has 0 radical (unpaired) electrons. The Labute approximate surface area is 110 Å². The van der Waals surface area contributed by atoms with Crippen molar-refractivity contribution in [1.82, 2.24) is 0 Å². The van der Waals surface area contributed by atoms with Gasteiger partial charge in [-0.25, -0.2) is 0 Å². The largest absolute Gasteiger partial charge is 0.446 e. The zero-order chi connectivity index (χ0) is 11.5. The van der Waals surface area contributed by atoms with Crippen LogP contribution in [-0.4, -0.2) is 5.78 Å². The highest BCUT2D eigenvalue weighted by Crippen LogP contribution is 2.17. The van der Waals surface area contributed by atoms with E-state index in [4.69, 9.17) is 4.42 Å². The van der Waals surface area contributed by atoms with Crippen molar-refractivity contribution in [2.75, 3.05) is 0 Å². The second kappa shape index (κ2) is 4.97. The predicted octanol–water partition coefficient (Wildman–Crippen LogP) is 4.23. The van der Waals surface area contributed by atoms with E-state index < -0.39 is 0 Å². The van der Waals surface area contributed by atoms with E-state index >= 15 is 0 Å². The number of furan rings is 1. The van der Waals surface area contributed by atoms with Crippen LogP contribution >= 0.6 is 31.9 Å². The molecule has 0 bridgehead atoms. The van der Waals surface area contributed by atoms with Crippen molar-refractivity contribution in [2.24, 2.45) is 0 Å². The molecule has 2 aromatic rings. The van der Waals surface area contributed by atoms with E-state index in [1.807, 2.05) is 24.3 Å². The Morgan fingerprint density at radius 3 is 2.31 bits per heavy atom. The van der Waals surface area contributed by atoms with Gasteiger partial charge in [0.1, 0.15) is 0 Å². The van der Waals surface area contributed by atoms with Crippen molar-refractivity contribution < 1.29 is 9.21 Å². The lowest BCUT2D eigenvalue weighted by Gasteiger charge is -1.98. The minimum atomic E-state index is -0.0203. The summed E-state index contributed by atoms with van der Waals surface area (Å²) < 4.78 is 6.78. The van der Waals surface area contributed by atoms with Gasteiger partial charge in [0.25, 0.3) is 0 Å². The molecule has 0 fully saturated rings. The molecule has 82 valence electrons. The fourth-order valence-corrected chi connectivity index (χ4v) is 1.91. The minimum Gasteiger partial charge on any atom is -0.446 e. The van der Waals surface area contributed by atoms with Gasteiger partial charge in [-0.2, -0.15) is 0 Å². The van der Waals surface area contributed by atoms with E-state index in [9.17, 15) is 4.79 Å². The maximum atomic E-state index is 11.8. The summed E-state index contributed by atoms with van der Waals surface area (Å²) >= 11 is 6.52. The minimum absolute atomic E-state index is 0.0203. The first-order valence-corrected chi connectivity index (χ1v) is 6.27. The Kier molecular flexibility index (Phi) is 3.61. The van der Waals surface area contributed by atoms with Crippen molar-refractivity contribution in [1.29, 1.82) is 0 Å². The first-order valence-electron chi connectivity index (χ1n) is 4.68. The molecule has 0 aliphatic heterocycles. The number of hydrogen-bond acceptors (Lipinski definition) is 2. The molecule has 1 aromatic carbocycles. The van der Waals surface area contributed by atoms with Gasteiger partial charge in [-0.1, -0.05) is 28.1 Å². The van der Waals surface area contributed by atoms with Gasteiger partial charge in [0.2, 0.25) is 5.78 Å². The van der Waals surface area contributed by atoms with Crippen LogP contribution in [0.25, 0.3) is 0 Å². The van der Waals surface area contributed by atoms with E-state index in [-0.39, 0.29) is 5.78 Å². The Balaban J connectivity index is 2.10. The lowest BCUT2D eigenvalue weighted by atomic mass is 10.1. The molecule has 0 saturated carbocycles. The highest BCUT2D eigenvalue weighted by molar-refractivity contribution is 9.10. The summed E-state index contributed by atoms with van der Waals surface area (Å²) in [5.41, 5.74) is 0.973. The number of carbonyl (C=O) groups is 1. The summed E-state index contributed by atoms with van der Waals surface area (Å²) in [4.78, 5) is 11.8. The van der Waals surface area contributed by atoms with Gasteiger partial charge in [0, 0.05) is 10.9 Å². The molecule has 4 heteroatoms. The van der Waals surface area contributed by atoms with Gasteiger partial charge in [-0.05, 0) is 45.8 Å². The zero-order valence-corrected chi connectivity index (χ0v) is 11.4. The van der Waals surface area contributed by atoms with Crippen molar-refractivity contribution in [3.8, 4) is 0 Å². The molecule has 0 spiro atoms. The fraction of sp³-hybridized carbons (Fsp3) is 0.0833. The number of Topliss-reactive ketones (excluding diaryl/α,β-unsaturated/α-hetero) is 1. The van der Waals surface area contributed by atoms with Crippen LogP contribution in [0.15, 0.2) is 50.0 Å². The second-order valence-corrected chi connectivity index (χ2v) is 5.03. The Morgan fingerprint density at radius 2 is 1.75 bits per heavy atom. The summed E-state index contributed by atoms with van der Waals surface area (Å²) in [6, 6.07) is 11.1. The number of hydrogen-bond donors (Lipinski definition) is 0. The molecule has 0 aliphatic carbocycles. The summed E-state index contributed by atoms with van der Waals surface area (Å²) in [6.45, 7) is 0. The van der Waals surface area contributed by atoms with Gasteiger partial charge >= 0.3 is 0 Å². The predicted molar refractivity (Wildman–Crippen MR) is 68.6 cm³/mol. The highest BCUT2D eigenvalue weighted by Gasteiger charge is 2.10. The number of halogens is 2. The van der Waals surface area contributed by atoms with Crippen LogP contribution < -0.4 is 0 Å². The van der Waals surface area contributed by atoms with E-state index in [0.29, 0.717) is 16.9 Å². The lowest BCUT2D eigenvalue weighted by molar-refractivity contribution is 0.0965. The topological polar surface area (TPSA) is 30.2 Å². The molecule has 1 aromatic heterocycles. The third-order valence-electron chi connectivity index (χ3n) is 2.13. The number of ketones is 1. The van der Waals surface area contributed by atoms with Crippen molar-refractivity contribution >= 4 is 37.6 Å². The lowest BCUT2D eigenvalue weighted by Crippen LogP contribution is -2.01. The number of rotatable bonds is 3. The van der Waals surface area contributed by atoms with Gasteiger partial charge < -0.3 is 4.42 Å². The van der Waals surface area contributed by atoms with E-state index in [2.05, 4.69) is 31.9 Å². The summed E-state index contributed by atoms with van der Waals surface area (Å²) in [5.74, 6) is 0.364. The molecule has 2 nitrogen and oxygen atoms in total. The molecule has 0 unspecified atom stereocenters. The van der Waals surface area contributed by atoms with Gasteiger partial charge in [0.15, 0.2) is 10.4 Å². The quantitative estimate of drug-likeness (QED) is 0.780. The Morgan fingerprint density at radius 1 is 1.06 bits per heavy atom. The molecule has 1 heterocycles. The van der Waals surface area contributed by atoms with Crippen LogP contribution in [0, 0.1) is 0 Å². The average Bonchev–Trinajstić information content (AvgIpc) is 2.68. The first-order chi connectivity index (χ1) is 7.65. The normalized spacial score (nSPS) is 10.4. The van der Waals surface area contributed by atoms with Crippen LogP contribution in [0.1, 0.15) is 16.1 Å². The van der Waals surface area contributed by atoms with Crippen molar-refractivity contribution in [3.63, 3.8) is 0 Å². The standard InChI is InChI=1S/C12H8Br2O2/c13-9-3-1-8(2-4-9)7-10(15)11-5-6-12(14)16-11/h1-6H,7H2. The third kappa shape index (κ3) is 2.83. The average molecular weight is 344 g/mol. The van der Waals surface area contributed by atoms with Crippen molar-refractivity contribution in [3.05, 3.63) is 56.9 Å². The maximum absolute atomic E-state index is 11.8. The van der Waals surface area contributed by atoms with Crippen LogP contribution in [0.3, 0.4) is 0 Å². The van der Waals surface area contributed by atoms with Crippen molar-refractivity contribution in [2.45, 2.75) is 6.42 Å². The van der Waals surface area contributed by atoms with E-state index in [1.54, 1.807) is 12.1 Å². The SMILES string of the molecule is O=C(Cc1ccc(Br)cc1)c1ccc(Br)o1. The smallest absolute Gasteiger partial charge is 0.202 e. The Hall–Kier alpha value is -0.870. The number of benzene rings is 1. The second-order valence-electron chi connectivity index (χ2n) is 3.33. The molecule has 0 aliphatic rings. The van der Waals surface area contributed by atoms with Crippen LogP contribution in [0.4, 0.5) is 0 Å². The van der Waals surface area contributed by atoms with Crippen LogP contribution in [0.5, 0.6) is 0 Å². The highest BCUT2D eigenvalue weighted by atomic mass is 79.9. The third-order valence-corrected chi connectivity index (χ3v) is 3.08. The summed E-state index contributed by atoms with van der Waals surface area (Å²) in [7, 11) is 0. The summed E-state index contributed by atoms with van der Waals surface area (Å²) in [6.07, 6.45) is 0.354. The van der Waals surface area contributed by atoms with Crippen LogP contribution in [0.2, 0.25) is 0 Å². The van der Waals surface area contributed by atoms with E-state index in [0.717, 1.165) is 10.0 Å². The molecule has 0 atom stereocenters. The van der Waals surface area contributed by atoms with Gasteiger partial charge in [0.05, 0.1) is 0 Å². The van der Waals surface area contributed by atoms with Gasteiger partial charge in [-0.15, -0.1) is 0 Å². The zero-order valence-electron chi connectivity index (χ0n) is 8.24. The molecular weight excluding hydrogens is 336 g/mol. The fourth-order valence-electron chi connectivity index (χ4n) is 1.34. The van der Waals surface area contributed by atoms with E-state index in [1.165, 1.54) is 0 Å². The molecule has 16 heavy (non-hydrogen) atoms. The molecule has 0 amide bonds.